The molecule has 2 aliphatic rings. The minimum Gasteiger partial charge on any atom is -0.381 e. The van der Waals surface area contributed by atoms with Crippen LogP contribution in [-0.2, 0) is 36.3 Å². The number of thiophene rings is 1. The van der Waals surface area contributed by atoms with Gasteiger partial charge in [0.1, 0.15) is 0 Å². The quantitative estimate of drug-likeness (QED) is 0.574. The molecular formula is C26H31N3O2S. The number of hydrogen-bond donors (Lipinski definition) is 2. The molecule has 0 atom stereocenters. The van der Waals surface area contributed by atoms with Crippen LogP contribution in [0.4, 0.5) is 5.69 Å². The van der Waals surface area contributed by atoms with Crippen molar-refractivity contribution < 1.29 is 4.74 Å². The van der Waals surface area contributed by atoms with Crippen molar-refractivity contribution in [2.24, 2.45) is 0 Å². The number of ether oxygens (including phenoxy) is 1. The smallest absolute Gasteiger partial charge is 0.248 e. The molecule has 4 heterocycles. The summed E-state index contributed by atoms with van der Waals surface area (Å²) in [5, 5.41) is 3.39. The third-order valence-electron chi connectivity index (χ3n) is 6.77. The van der Waals surface area contributed by atoms with Crippen LogP contribution in [0.1, 0.15) is 46.2 Å². The lowest BCUT2D eigenvalue weighted by Gasteiger charge is -2.44. The number of aryl methyl sites for hydroxylation is 1. The zero-order valence-electron chi connectivity index (χ0n) is 18.7. The van der Waals surface area contributed by atoms with E-state index in [0.29, 0.717) is 6.54 Å². The first kappa shape index (κ1) is 21.4. The molecule has 2 aromatic heterocycles. The number of piperidine rings is 1. The zero-order chi connectivity index (χ0) is 22.0. The average Bonchev–Trinajstić information content (AvgIpc) is 3.26. The van der Waals surface area contributed by atoms with Crippen molar-refractivity contribution in [2.75, 3.05) is 25.0 Å². The number of aromatic nitrogens is 1. The first-order valence-electron chi connectivity index (χ1n) is 11.6. The van der Waals surface area contributed by atoms with Crippen LogP contribution in [0.3, 0.4) is 0 Å². The zero-order valence-corrected chi connectivity index (χ0v) is 19.5. The number of aromatic amines is 1. The van der Waals surface area contributed by atoms with Gasteiger partial charge in [0.2, 0.25) is 5.56 Å². The fraction of sp³-hybridized carbons (Fsp3) is 0.423. The molecule has 0 amide bonds. The van der Waals surface area contributed by atoms with E-state index in [4.69, 9.17) is 4.74 Å². The second kappa shape index (κ2) is 9.22. The molecule has 6 heteroatoms. The molecule has 168 valence electrons. The number of pyridine rings is 1. The fourth-order valence-corrected chi connectivity index (χ4v) is 6.10. The summed E-state index contributed by atoms with van der Waals surface area (Å²) >= 11 is 1.99. The topological polar surface area (TPSA) is 57.4 Å². The summed E-state index contributed by atoms with van der Waals surface area (Å²) in [6, 6.07) is 14.6. The summed E-state index contributed by atoms with van der Waals surface area (Å²) in [5.74, 6) is 0. The molecule has 3 aromatic rings. The molecule has 0 bridgehead atoms. The summed E-state index contributed by atoms with van der Waals surface area (Å²) in [7, 11) is 0. The van der Waals surface area contributed by atoms with E-state index in [-0.39, 0.29) is 11.2 Å². The molecule has 1 fully saturated rings. The Morgan fingerprint density at radius 1 is 1.12 bits per heavy atom. The normalized spacial score (nSPS) is 17.9. The van der Waals surface area contributed by atoms with Gasteiger partial charge in [0, 0.05) is 60.3 Å². The summed E-state index contributed by atoms with van der Waals surface area (Å²) in [4.78, 5) is 19.7. The highest BCUT2D eigenvalue weighted by atomic mass is 32.1. The molecule has 2 N–H and O–H groups in total. The second-order valence-electron chi connectivity index (χ2n) is 8.88. The van der Waals surface area contributed by atoms with E-state index >= 15 is 0 Å². The van der Waals surface area contributed by atoms with Gasteiger partial charge in [0.15, 0.2) is 0 Å². The molecule has 2 aliphatic heterocycles. The molecule has 1 aromatic carbocycles. The van der Waals surface area contributed by atoms with Crippen LogP contribution in [0.2, 0.25) is 0 Å². The molecule has 0 unspecified atom stereocenters. The second-order valence-corrected chi connectivity index (χ2v) is 10.1. The molecule has 32 heavy (non-hydrogen) atoms. The Balaban J connectivity index is 1.16. The molecule has 1 spiro atoms. The lowest BCUT2D eigenvalue weighted by Crippen LogP contribution is -2.45. The molecule has 1 saturated heterocycles. The van der Waals surface area contributed by atoms with Gasteiger partial charge >= 0.3 is 0 Å². The lowest BCUT2D eigenvalue weighted by atomic mass is 9.82. The Hall–Kier alpha value is -2.41. The first-order valence-corrected chi connectivity index (χ1v) is 12.4. The fourth-order valence-electron chi connectivity index (χ4n) is 4.92. The SMILES string of the molecule is CCc1cc2c(s1)CCOC21CCN(Cc2ccc(NCc3cc[nH]c(=O)c3)cc2)CC1. The average molecular weight is 450 g/mol. The maximum absolute atomic E-state index is 11.4. The van der Waals surface area contributed by atoms with Gasteiger partial charge in [0.25, 0.3) is 0 Å². The summed E-state index contributed by atoms with van der Waals surface area (Å²) in [5.41, 5.74) is 4.74. The molecule has 0 saturated carbocycles. The van der Waals surface area contributed by atoms with Crippen LogP contribution < -0.4 is 10.9 Å². The number of H-pyrrole nitrogens is 1. The van der Waals surface area contributed by atoms with Crippen molar-refractivity contribution in [3.63, 3.8) is 0 Å². The van der Waals surface area contributed by atoms with Crippen molar-refractivity contribution in [2.45, 2.75) is 51.3 Å². The van der Waals surface area contributed by atoms with Crippen molar-refractivity contribution in [1.29, 1.82) is 0 Å². The Bertz CT molecular complexity index is 1110. The highest BCUT2D eigenvalue weighted by molar-refractivity contribution is 7.12. The molecule has 5 nitrogen and oxygen atoms in total. The monoisotopic (exact) mass is 449 g/mol. The minimum atomic E-state index is -0.0670. The van der Waals surface area contributed by atoms with Crippen molar-refractivity contribution >= 4 is 17.0 Å². The molecule has 0 aliphatic carbocycles. The first-order chi connectivity index (χ1) is 15.6. The largest absolute Gasteiger partial charge is 0.381 e. The van der Waals surface area contributed by atoms with Gasteiger partial charge in [0.05, 0.1) is 12.2 Å². The molecule has 5 rings (SSSR count). The van der Waals surface area contributed by atoms with Gasteiger partial charge in [-0.15, -0.1) is 11.3 Å². The van der Waals surface area contributed by atoms with E-state index in [2.05, 4.69) is 52.5 Å². The maximum Gasteiger partial charge on any atom is 0.248 e. The predicted octanol–water partition coefficient (Wildman–Crippen LogP) is 4.67. The van der Waals surface area contributed by atoms with Crippen LogP contribution in [0.5, 0.6) is 0 Å². The number of anilines is 1. The van der Waals surface area contributed by atoms with E-state index in [0.717, 1.165) is 63.2 Å². The number of benzene rings is 1. The number of likely N-dealkylation sites (tertiary alicyclic amines) is 1. The van der Waals surface area contributed by atoms with Crippen molar-refractivity contribution in [1.82, 2.24) is 9.88 Å². The highest BCUT2D eigenvalue weighted by Crippen LogP contribution is 2.44. The Morgan fingerprint density at radius 2 is 1.94 bits per heavy atom. The number of nitrogens with zero attached hydrogens (tertiary/aromatic N) is 1. The van der Waals surface area contributed by atoms with Crippen molar-refractivity contribution in [3.05, 3.63) is 85.5 Å². The van der Waals surface area contributed by atoms with Crippen LogP contribution in [-0.4, -0.2) is 29.6 Å². The third kappa shape index (κ3) is 4.53. The standard InChI is InChI=1S/C26H31N3O2S/c1-2-22-16-23-24(32-22)8-14-31-26(23)9-12-29(13-10-26)18-19-3-5-21(6-4-19)28-17-20-7-11-27-25(30)15-20/h3-7,11,15-16,28H,2,8-10,12-14,17-18H2,1H3,(H,27,30). The number of nitrogens with one attached hydrogen (secondary N) is 2. The predicted molar refractivity (Wildman–Crippen MR) is 130 cm³/mol. The van der Waals surface area contributed by atoms with E-state index in [1.807, 2.05) is 17.4 Å². The number of rotatable bonds is 6. The Kier molecular flexibility index (Phi) is 6.17. The van der Waals surface area contributed by atoms with Crippen molar-refractivity contribution in [3.8, 4) is 0 Å². The Labute approximate surface area is 193 Å². The van der Waals surface area contributed by atoms with E-state index in [1.54, 1.807) is 17.1 Å². The summed E-state index contributed by atoms with van der Waals surface area (Å²) in [6.45, 7) is 6.86. The Morgan fingerprint density at radius 3 is 2.69 bits per heavy atom. The van der Waals surface area contributed by atoms with Crippen LogP contribution >= 0.6 is 11.3 Å². The van der Waals surface area contributed by atoms with Gasteiger partial charge in [-0.05, 0) is 60.2 Å². The van der Waals surface area contributed by atoms with Gasteiger partial charge in [-0.3, -0.25) is 9.69 Å². The van der Waals surface area contributed by atoms with E-state index < -0.39 is 0 Å². The van der Waals surface area contributed by atoms with E-state index in [9.17, 15) is 4.79 Å². The molecule has 0 radical (unpaired) electrons. The van der Waals surface area contributed by atoms with Crippen LogP contribution in [0.15, 0.2) is 53.5 Å². The lowest BCUT2D eigenvalue weighted by molar-refractivity contribution is -0.0981. The molecular weight excluding hydrogens is 418 g/mol. The van der Waals surface area contributed by atoms with Gasteiger partial charge in [-0.2, -0.15) is 0 Å². The minimum absolute atomic E-state index is 0.0546. The van der Waals surface area contributed by atoms with Gasteiger partial charge in [-0.25, -0.2) is 0 Å². The summed E-state index contributed by atoms with van der Waals surface area (Å²) < 4.78 is 6.43. The van der Waals surface area contributed by atoms with Crippen LogP contribution in [0, 0.1) is 0 Å². The highest BCUT2D eigenvalue weighted by Gasteiger charge is 2.41. The third-order valence-corrected chi connectivity index (χ3v) is 8.11. The number of fused-ring (bicyclic) bond motifs is 2. The van der Waals surface area contributed by atoms with Gasteiger partial charge < -0.3 is 15.0 Å². The van der Waals surface area contributed by atoms with Crippen LogP contribution in [0.25, 0.3) is 0 Å². The maximum atomic E-state index is 11.4. The van der Waals surface area contributed by atoms with E-state index in [1.165, 1.54) is 16.0 Å². The van der Waals surface area contributed by atoms with Gasteiger partial charge in [-0.1, -0.05) is 19.1 Å². The summed E-state index contributed by atoms with van der Waals surface area (Å²) in [6.07, 6.45) is 6.04. The number of hydrogen-bond acceptors (Lipinski definition) is 5.